The van der Waals surface area contributed by atoms with Crippen LogP contribution in [0.5, 0.6) is 0 Å². The monoisotopic (exact) mass is 655 g/mol. The molecule has 0 aliphatic carbocycles. The topological polar surface area (TPSA) is 135 Å². The number of nitriles is 1. The molecule has 3 amide bonds. The maximum absolute atomic E-state index is 14.0. The zero-order valence-electron chi connectivity index (χ0n) is 25.9. The average Bonchev–Trinajstić information content (AvgIpc) is 3.11. The first kappa shape index (κ1) is 33.8. The molecule has 1 aromatic heterocycles. The smallest absolute Gasteiger partial charge is 0.379 e. The molecule has 1 fully saturated rings. The number of anilines is 1. The van der Waals surface area contributed by atoms with Crippen LogP contribution in [0, 0.1) is 17.2 Å². The van der Waals surface area contributed by atoms with Crippen molar-refractivity contribution in [1.29, 1.82) is 5.26 Å². The second-order valence-electron chi connectivity index (χ2n) is 11.6. The van der Waals surface area contributed by atoms with Gasteiger partial charge in [0.05, 0.1) is 17.2 Å². The van der Waals surface area contributed by atoms with Crippen molar-refractivity contribution in [3.63, 3.8) is 0 Å². The number of benzene rings is 3. The lowest BCUT2D eigenvalue weighted by Crippen LogP contribution is -2.54. The van der Waals surface area contributed by atoms with Crippen molar-refractivity contribution in [2.45, 2.75) is 31.0 Å². The third-order valence-corrected chi connectivity index (χ3v) is 8.57. The number of nitrogens with one attached hydrogen (secondary N) is 2. The number of rotatable bonds is 8. The molecule has 0 bridgehead atoms. The number of carbonyl (C=O) groups excluding carboxylic acids is 3. The van der Waals surface area contributed by atoms with Gasteiger partial charge in [0.2, 0.25) is 0 Å². The molecule has 1 aliphatic rings. The molecule has 5 rings (SSSR count). The zero-order chi connectivity index (χ0) is 34.5. The van der Waals surface area contributed by atoms with Crippen LogP contribution in [0.2, 0.25) is 0 Å². The number of carbonyl (C=O) groups is 3. The lowest BCUT2D eigenvalue weighted by Gasteiger charge is -2.40. The largest absolute Gasteiger partial charge is 0.417 e. The van der Waals surface area contributed by atoms with Gasteiger partial charge in [0.25, 0.3) is 17.7 Å². The van der Waals surface area contributed by atoms with E-state index >= 15 is 0 Å². The molecular weight excluding hydrogens is 623 g/mol. The normalized spacial score (nSPS) is 14.8. The standard InChI is InChI=1S/C36H32F3N5O4/c1-41-32(45)27-7-3-6-26(19-27)25-5-2-4-23(18-25)21-35(48,29-12-16-44(17-13-29)33(46)24-10-14-42-15-11-24)34(47)43-30-9-8-28(22-40)31(20-30)36(37,38)39/h2-11,14-15,18-20,29,48H,12-13,16-17,21H2,1H3,(H,41,45)(H,43,47). The number of hydrogen-bond acceptors (Lipinski definition) is 6. The van der Waals surface area contributed by atoms with E-state index in [9.17, 15) is 37.9 Å². The summed E-state index contributed by atoms with van der Waals surface area (Å²) in [6.07, 6.45) is -1.51. The number of aliphatic hydroxyl groups is 1. The average molecular weight is 656 g/mol. The summed E-state index contributed by atoms with van der Waals surface area (Å²) in [5.41, 5.74) is -1.20. The number of nitrogens with zero attached hydrogens (tertiary/aromatic N) is 3. The van der Waals surface area contributed by atoms with Crippen molar-refractivity contribution in [2.24, 2.45) is 5.92 Å². The molecule has 4 aromatic rings. The summed E-state index contributed by atoms with van der Waals surface area (Å²) in [6, 6.07) is 21.6. The third kappa shape index (κ3) is 7.37. The SMILES string of the molecule is CNC(=O)c1cccc(-c2cccc(CC(O)(C(=O)Nc3ccc(C#N)c(C(F)(F)F)c3)C3CCN(C(=O)c4ccncc4)CC3)c2)c1. The number of likely N-dealkylation sites (tertiary alicyclic amines) is 1. The van der Waals surface area contributed by atoms with Gasteiger partial charge in [-0.15, -0.1) is 0 Å². The van der Waals surface area contributed by atoms with E-state index in [-0.39, 0.29) is 49.9 Å². The van der Waals surface area contributed by atoms with Crippen molar-refractivity contribution in [2.75, 3.05) is 25.5 Å². The Morgan fingerprint density at radius 2 is 1.60 bits per heavy atom. The van der Waals surface area contributed by atoms with E-state index in [4.69, 9.17) is 0 Å². The van der Waals surface area contributed by atoms with Gasteiger partial charge in [-0.25, -0.2) is 0 Å². The minimum absolute atomic E-state index is 0.187. The fourth-order valence-electron chi connectivity index (χ4n) is 6.00. The van der Waals surface area contributed by atoms with Crippen LogP contribution in [-0.2, 0) is 17.4 Å². The summed E-state index contributed by atoms with van der Waals surface area (Å²) in [7, 11) is 1.53. The van der Waals surface area contributed by atoms with Crippen LogP contribution < -0.4 is 10.6 Å². The highest BCUT2D eigenvalue weighted by molar-refractivity contribution is 5.98. The minimum Gasteiger partial charge on any atom is -0.379 e. The highest BCUT2D eigenvalue weighted by Gasteiger charge is 2.46. The number of aromatic nitrogens is 1. The Morgan fingerprint density at radius 1 is 0.938 bits per heavy atom. The van der Waals surface area contributed by atoms with Gasteiger partial charge in [0.15, 0.2) is 0 Å². The van der Waals surface area contributed by atoms with Crippen LogP contribution in [0.3, 0.4) is 0 Å². The van der Waals surface area contributed by atoms with Crippen LogP contribution in [0.15, 0.2) is 91.3 Å². The van der Waals surface area contributed by atoms with Gasteiger partial charge >= 0.3 is 6.18 Å². The molecule has 0 spiro atoms. The molecule has 9 nitrogen and oxygen atoms in total. The van der Waals surface area contributed by atoms with E-state index in [2.05, 4.69) is 15.6 Å². The highest BCUT2D eigenvalue weighted by atomic mass is 19.4. The van der Waals surface area contributed by atoms with Crippen LogP contribution >= 0.6 is 0 Å². The summed E-state index contributed by atoms with van der Waals surface area (Å²) in [5, 5.41) is 26.5. The van der Waals surface area contributed by atoms with Crippen molar-refractivity contribution < 1.29 is 32.7 Å². The lowest BCUT2D eigenvalue weighted by molar-refractivity contribution is -0.142. The molecule has 3 N–H and O–H groups in total. The summed E-state index contributed by atoms with van der Waals surface area (Å²) in [6.45, 7) is 0.478. The molecule has 12 heteroatoms. The van der Waals surface area contributed by atoms with Gasteiger partial charge in [0, 0.05) is 61.7 Å². The summed E-state index contributed by atoms with van der Waals surface area (Å²) >= 11 is 0. The number of piperidine rings is 1. The van der Waals surface area contributed by atoms with Crippen LogP contribution in [-0.4, -0.2) is 58.5 Å². The van der Waals surface area contributed by atoms with Gasteiger partial charge in [-0.05, 0) is 72.0 Å². The second-order valence-corrected chi connectivity index (χ2v) is 11.6. The summed E-state index contributed by atoms with van der Waals surface area (Å²) < 4.78 is 41.1. The van der Waals surface area contributed by atoms with E-state index < -0.39 is 34.7 Å². The first-order chi connectivity index (χ1) is 22.9. The molecule has 0 radical (unpaired) electrons. The number of amides is 3. The molecule has 3 aromatic carbocycles. The number of pyridine rings is 1. The second kappa shape index (κ2) is 14.1. The predicted molar refractivity (Wildman–Crippen MR) is 172 cm³/mol. The van der Waals surface area contributed by atoms with Crippen LogP contribution in [0.4, 0.5) is 18.9 Å². The van der Waals surface area contributed by atoms with Crippen molar-refractivity contribution in [3.8, 4) is 17.2 Å². The predicted octanol–water partition coefficient (Wildman–Crippen LogP) is 5.46. The molecule has 1 unspecified atom stereocenters. The van der Waals surface area contributed by atoms with E-state index in [0.717, 1.165) is 17.2 Å². The Balaban J connectivity index is 1.45. The minimum atomic E-state index is -4.84. The van der Waals surface area contributed by atoms with E-state index in [1.807, 2.05) is 12.1 Å². The lowest BCUT2D eigenvalue weighted by atomic mass is 9.75. The van der Waals surface area contributed by atoms with Gasteiger partial charge in [-0.1, -0.05) is 36.4 Å². The van der Waals surface area contributed by atoms with Gasteiger partial charge < -0.3 is 20.6 Å². The molecule has 246 valence electrons. The van der Waals surface area contributed by atoms with Gasteiger partial charge in [-0.3, -0.25) is 19.4 Å². The molecule has 0 saturated carbocycles. The van der Waals surface area contributed by atoms with Gasteiger partial charge in [0.1, 0.15) is 5.60 Å². The molecule has 1 aliphatic heterocycles. The van der Waals surface area contributed by atoms with Crippen LogP contribution in [0.1, 0.15) is 50.2 Å². The Kier molecular flexibility index (Phi) is 9.91. The van der Waals surface area contributed by atoms with E-state index in [1.165, 1.54) is 31.6 Å². The molecule has 2 heterocycles. The molecule has 48 heavy (non-hydrogen) atoms. The summed E-state index contributed by atoms with van der Waals surface area (Å²) in [5.74, 6) is -2.05. The Bertz CT molecular complexity index is 1870. The fraction of sp³-hybridized carbons (Fsp3) is 0.250. The van der Waals surface area contributed by atoms with Crippen molar-refractivity contribution in [1.82, 2.24) is 15.2 Å². The Hall–Kier alpha value is -5.54. The quantitative estimate of drug-likeness (QED) is 0.231. The van der Waals surface area contributed by atoms with E-state index in [0.29, 0.717) is 22.8 Å². The first-order valence-corrected chi connectivity index (χ1v) is 15.2. The van der Waals surface area contributed by atoms with Crippen molar-refractivity contribution >= 4 is 23.4 Å². The van der Waals surface area contributed by atoms with E-state index in [1.54, 1.807) is 53.4 Å². The molecule has 1 atom stereocenters. The zero-order valence-corrected chi connectivity index (χ0v) is 25.9. The number of alkyl halides is 3. The molecular formula is C36H32F3N5O4. The Labute approximate surface area is 275 Å². The maximum atomic E-state index is 14.0. The third-order valence-electron chi connectivity index (χ3n) is 8.57. The summed E-state index contributed by atoms with van der Waals surface area (Å²) in [4.78, 5) is 44.8. The Morgan fingerprint density at radius 3 is 2.25 bits per heavy atom. The van der Waals surface area contributed by atoms with Gasteiger partial charge in [-0.2, -0.15) is 18.4 Å². The molecule has 1 saturated heterocycles. The van der Waals surface area contributed by atoms with Crippen molar-refractivity contribution in [3.05, 3.63) is 119 Å². The number of hydrogen-bond donors (Lipinski definition) is 3. The maximum Gasteiger partial charge on any atom is 0.417 e. The van der Waals surface area contributed by atoms with Crippen LogP contribution in [0.25, 0.3) is 11.1 Å². The highest BCUT2D eigenvalue weighted by Crippen LogP contribution is 2.36. The first-order valence-electron chi connectivity index (χ1n) is 15.2. The number of halogens is 3. The fourth-order valence-corrected chi connectivity index (χ4v) is 6.00.